The SMILES string of the molecule is Nc1cc(-c2ncccc2C(F)(F)F)no1. The van der Waals surface area contributed by atoms with Gasteiger partial charge >= 0.3 is 6.18 Å². The minimum atomic E-state index is -4.49. The molecule has 0 aliphatic rings. The Kier molecular flexibility index (Phi) is 2.30. The van der Waals surface area contributed by atoms with E-state index in [1.165, 1.54) is 18.3 Å². The van der Waals surface area contributed by atoms with E-state index in [4.69, 9.17) is 5.73 Å². The van der Waals surface area contributed by atoms with E-state index in [1.807, 2.05) is 0 Å². The summed E-state index contributed by atoms with van der Waals surface area (Å²) in [4.78, 5) is 3.63. The number of nitrogens with zero attached hydrogens (tertiary/aromatic N) is 2. The lowest BCUT2D eigenvalue weighted by atomic mass is 10.1. The molecule has 0 radical (unpaired) electrons. The molecule has 0 aromatic carbocycles. The summed E-state index contributed by atoms with van der Waals surface area (Å²) in [7, 11) is 0. The van der Waals surface area contributed by atoms with E-state index in [0.29, 0.717) is 0 Å². The number of hydrogen-bond acceptors (Lipinski definition) is 4. The lowest BCUT2D eigenvalue weighted by Crippen LogP contribution is -2.08. The third kappa shape index (κ3) is 1.83. The molecule has 0 unspecified atom stereocenters. The van der Waals surface area contributed by atoms with Crippen molar-refractivity contribution in [1.82, 2.24) is 10.1 Å². The van der Waals surface area contributed by atoms with Crippen LogP contribution in [-0.4, -0.2) is 10.1 Å². The fourth-order valence-corrected chi connectivity index (χ4v) is 1.24. The van der Waals surface area contributed by atoms with Gasteiger partial charge in [-0.05, 0) is 12.1 Å². The van der Waals surface area contributed by atoms with Gasteiger partial charge in [-0.1, -0.05) is 5.16 Å². The largest absolute Gasteiger partial charge is 0.418 e. The fraction of sp³-hybridized carbons (Fsp3) is 0.111. The predicted molar refractivity (Wildman–Crippen MR) is 49.1 cm³/mol. The summed E-state index contributed by atoms with van der Waals surface area (Å²) >= 11 is 0. The van der Waals surface area contributed by atoms with Crippen molar-refractivity contribution in [2.45, 2.75) is 6.18 Å². The highest BCUT2D eigenvalue weighted by Gasteiger charge is 2.35. The van der Waals surface area contributed by atoms with E-state index in [2.05, 4.69) is 14.7 Å². The summed E-state index contributed by atoms with van der Waals surface area (Å²) < 4.78 is 42.3. The van der Waals surface area contributed by atoms with Crippen molar-refractivity contribution in [1.29, 1.82) is 0 Å². The van der Waals surface area contributed by atoms with Gasteiger partial charge in [-0.2, -0.15) is 13.2 Å². The second-order valence-corrected chi connectivity index (χ2v) is 3.01. The molecule has 0 bridgehead atoms. The topological polar surface area (TPSA) is 64.9 Å². The highest BCUT2D eigenvalue weighted by Crippen LogP contribution is 2.35. The predicted octanol–water partition coefficient (Wildman–Crippen LogP) is 2.34. The molecule has 0 atom stereocenters. The molecule has 7 heteroatoms. The van der Waals surface area contributed by atoms with Crippen molar-refractivity contribution in [2.75, 3.05) is 5.73 Å². The van der Waals surface area contributed by atoms with Crippen LogP contribution in [0.1, 0.15) is 5.56 Å². The maximum absolute atomic E-state index is 12.6. The third-order valence-electron chi connectivity index (χ3n) is 1.88. The highest BCUT2D eigenvalue weighted by molar-refractivity contribution is 5.61. The Balaban J connectivity index is 2.57. The minimum absolute atomic E-state index is 0.0366. The number of halogens is 3. The van der Waals surface area contributed by atoms with E-state index in [0.717, 1.165) is 6.07 Å². The molecule has 84 valence electrons. The molecule has 2 aromatic rings. The molecule has 0 amide bonds. The van der Waals surface area contributed by atoms with Gasteiger partial charge in [0, 0.05) is 12.3 Å². The van der Waals surface area contributed by atoms with Crippen molar-refractivity contribution < 1.29 is 17.7 Å². The average molecular weight is 229 g/mol. The van der Waals surface area contributed by atoms with E-state index >= 15 is 0 Å². The zero-order valence-electron chi connectivity index (χ0n) is 7.82. The molecule has 0 saturated carbocycles. The van der Waals surface area contributed by atoms with Gasteiger partial charge in [0.05, 0.1) is 5.56 Å². The van der Waals surface area contributed by atoms with Crippen molar-refractivity contribution in [3.63, 3.8) is 0 Å². The molecule has 2 N–H and O–H groups in total. The number of rotatable bonds is 1. The fourth-order valence-electron chi connectivity index (χ4n) is 1.24. The Hall–Kier alpha value is -2.05. The normalized spacial score (nSPS) is 11.7. The highest BCUT2D eigenvalue weighted by atomic mass is 19.4. The number of aromatic nitrogens is 2. The maximum Gasteiger partial charge on any atom is 0.418 e. The van der Waals surface area contributed by atoms with Crippen LogP contribution in [0.15, 0.2) is 28.9 Å². The van der Waals surface area contributed by atoms with Crippen molar-refractivity contribution in [2.24, 2.45) is 0 Å². The second kappa shape index (κ2) is 3.51. The quantitative estimate of drug-likeness (QED) is 0.815. The van der Waals surface area contributed by atoms with Crippen molar-refractivity contribution in [3.8, 4) is 11.4 Å². The smallest absolute Gasteiger partial charge is 0.368 e. The van der Waals surface area contributed by atoms with Gasteiger partial charge in [0.15, 0.2) is 0 Å². The first-order valence-corrected chi connectivity index (χ1v) is 4.23. The summed E-state index contributed by atoms with van der Waals surface area (Å²) in [5, 5.41) is 3.40. The summed E-state index contributed by atoms with van der Waals surface area (Å²) in [6.45, 7) is 0. The van der Waals surface area contributed by atoms with Crippen LogP contribution in [0.2, 0.25) is 0 Å². The minimum Gasteiger partial charge on any atom is -0.368 e. The molecule has 2 rings (SSSR count). The van der Waals surface area contributed by atoms with Gasteiger partial charge in [0.25, 0.3) is 0 Å². The molecular weight excluding hydrogens is 223 g/mol. The van der Waals surface area contributed by atoms with Gasteiger partial charge < -0.3 is 10.3 Å². The Morgan fingerprint density at radius 3 is 2.62 bits per heavy atom. The van der Waals surface area contributed by atoms with Crippen LogP contribution in [0.4, 0.5) is 19.1 Å². The zero-order chi connectivity index (χ0) is 11.8. The van der Waals surface area contributed by atoms with E-state index in [9.17, 15) is 13.2 Å². The Morgan fingerprint density at radius 1 is 1.31 bits per heavy atom. The monoisotopic (exact) mass is 229 g/mol. The van der Waals surface area contributed by atoms with Gasteiger partial charge in [0.2, 0.25) is 5.88 Å². The molecule has 0 fully saturated rings. The van der Waals surface area contributed by atoms with Crippen LogP contribution >= 0.6 is 0 Å². The lowest BCUT2D eigenvalue weighted by molar-refractivity contribution is -0.137. The second-order valence-electron chi connectivity index (χ2n) is 3.01. The number of hydrogen-bond donors (Lipinski definition) is 1. The van der Waals surface area contributed by atoms with Gasteiger partial charge in [-0.3, -0.25) is 4.98 Å². The van der Waals surface area contributed by atoms with E-state index in [1.54, 1.807) is 0 Å². The summed E-state index contributed by atoms with van der Waals surface area (Å²) in [6, 6.07) is 3.32. The maximum atomic E-state index is 12.6. The molecule has 2 aromatic heterocycles. The molecule has 2 heterocycles. The standard InChI is InChI=1S/C9H6F3N3O/c10-9(11,12)5-2-1-3-14-8(5)6-4-7(13)16-15-6/h1-4H,13H2. The first-order chi connectivity index (χ1) is 7.48. The number of nitrogen functional groups attached to an aromatic ring is 1. The first kappa shape index (κ1) is 10.5. The molecule has 0 aliphatic carbocycles. The van der Waals surface area contributed by atoms with Crippen molar-refractivity contribution >= 4 is 5.88 Å². The molecule has 0 aliphatic heterocycles. The summed E-state index contributed by atoms with van der Waals surface area (Å²) in [6.07, 6.45) is -3.24. The van der Waals surface area contributed by atoms with Gasteiger partial charge in [-0.15, -0.1) is 0 Å². The molecule has 0 saturated heterocycles. The van der Waals surface area contributed by atoms with Gasteiger partial charge in [-0.25, -0.2) is 0 Å². The van der Waals surface area contributed by atoms with E-state index < -0.39 is 11.7 Å². The lowest BCUT2D eigenvalue weighted by Gasteiger charge is -2.08. The summed E-state index contributed by atoms with van der Waals surface area (Å²) in [5.74, 6) is -0.0613. The van der Waals surface area contributed by atoms with Gasteiger partial charge in [0.1, 0.15) is 11.4 Å². The number of nitrogens with two attached hydrogens (primary N) is 1. The number of anilines is 1. The Bertz CT molecular complexity index is 507. The van der Waals surface area contributed by atoms with Crippen LogP contribution in [0.3, 0.4) is 0 Å². The van der Waals surface area contributed by atoms with Crippen LogP contribution in [0.5, 0.6) is 0 Å². The molecule has 0 spiro atoms. The van der Waals surface area contributed by atoms with E-state index in [-0.39, 0.29) is 17.3 Å². The van der Waals surface area contributed by atoms with Crippen LogP contribution in [0.25, 0.3) is 11.4 Å². The Morgan fingerprint density at radius 2 is 2.06 bits per heavy atom. The number of pyridine rings is 1. The average Bonchev–Trinajstić information content (AvgIpc) is 2.64. The molecular formula is C9H6F3N3O. The van der Waals surface area contributed by atoms with Crippen molar-refractivity contribution in [3.05, 3.63) is 30.0 Å². The van der Waals surface area contributed by atoms with Crippen LogP contribution in [-0.2, 0) is 6.18 Å². The number of alkyl halides is 3. The molecule has 4 nitrogen and oxygen atoms in total. The zero-order valence-corrected chi connectivity index (χ0v) is 7.82. The summed E-state index contributed by atoms with van der Waals surface area (Å²) in [5.41, 5.74) is 4.03. The van der Waals surface area contributed by atoms with Crippen LogP contribution in [0, 0.1) is 0 Å². The third-order valence-corrected chi connectivity index (χ3v) is 1.88. The molecule has 16 heavy (non-hydrogen) atoms. The Labute approximate surface area is 87.9 Å². The first-order valence-electron chi connectivity index (χ1n) is 4.23. The van der Waals surface area contributed by atoms with Crippen LogP contribution < -0.4 is 5.73 Å².